The third-order valence-corrected chi connectivity index (χ3v) is 1.02. The zero-order valence-corrected chi connectivity index (χ0v) is 7.50. The number of carbonyl (C=O) groups is 1. The van der Waals surface area contributed by atoms with Crippen molar-refractivity contribution in [1.29, 1.82) is 0 Å². The minimum Gasteiger partial charge on any atom is -0.460 e. The molecule has 4 nitrogen and oxygen atoms in total. The van der Waals surface area contributed by atoms with Gasteiger partial charge in [0.2, 0.25) is 0 Å². The van der Waals surface area contributed by atoms with Gasteiger partial charge >= 0.3 is 5.97 Å². The summed E-state index contributed by atoms with van der Waals surface area (Å²) in [5.74, 6) is -0.422. The Morgan fingerprint density at radius 1 is 1.50 bits per heavy atom. The van der Waals surface area contributed by atoms with E-state index in [0.717, 1.165) is 0 Å². The van der Waals surface area contributed by atoms with Crippen LogP contribution in [0.15, 0.2) is 11.8 Å². The lowest BCUT2D eigenvalue weighted by Gasteiger charge is -2.01. The molecule has 0 aromatic carbocycles. The Bertz CT molecular complexity index is 162. The fourth-order valence-corrected chi connectivity index (χ4v) is 0.573. The van der Waals surface area contributed by atoms with Crippen LogP contribution in [0.3, 0.4) is 0 Å². The number of carbonyl (C=O) groups excluding carboxylic acids is 1. The van der Waals surface area contributed by atoms with Crippen molar-refractivity contribution in [2.45, 2.75) is 13.8 Å². The van der Waals surface area contributed by atoms with E-state index in [0.29, 0.717) is 18.9 Å². The topological polar surface area (TPSA) is 61.5 Å². The molecule has 0 radical (unpaired) electrons. The fraction of sp³-hybridized carbons (Fsp3) is 0.625. The van der Waals surface area contributed by atoms with Gasteiger partial charge in [-0.3, -0.25) is 0 Å². The molecule has 0 aromatic rings. The molecule has 0 saturated carbocycles. The maximum atomic E-state index is 10.8. The first-order chi connectivity index (χ1) is 5.66. The van der Waals surface area contributed by atoms with Gasteiger partial charge in [-0.25, -0.2) is 4.79 Å². The summed E-state index contributed by atoms with van der Waals surface area (Å²) in [6.45, 7) is 4.84. The van der Waals surface area contributed by atoms with Crippen LogP contribution < -0.4 is 5.73 Å². The minimum atomic E-state index is -0.422. The first kappa shape index (κ1) is 11.0. The van der Waals surface area contributed by atoms with Gasteiger partial charge < -0.3 is 15.2 Å². The smallest absolute Gasteiger partial charge is 0.332 e. The molecular formula is C8H15NO3. The molecule has 0 heterocycles. The van der Waals surface area contributed by atoms with Crippen LogP contribution in [0.4, 0.5) is 0 Å². The molecule has 0 aliphatic rings. The number of hydrogen-bond acceptors (Lipinski definition) is 4. The summed E-state index contributed by atoms with van der Waals surface area (Å²) in [6.07, 6.45) is 1.24. The summed E-state index contributed by atoms with van der Waals surface area (Å²) in [5, 5.41) is 0. The van der Waals surface area contributed by atoms with E-state index in [-0.39, 0.29) is 6.61 Å². The number of rotatable bonds is 5. The van der Waals surface area contributed by atoms with Crippen molar-refractivity contribution >= 4 is 5.97 Å². The highest BCUT2D eigenvalue weighted by atomic mass is 16.6. The second-order valence-corrected chi connectivity index (χ2v) is 2.25. The van der Waals surface area contributed by atoms with Gasteiger partial charge in [0, 0.05) is 18.4 Å². The Kier molecular flexibility index (Phi) is 6.09. The third kappa shape index (κ3) is 7.08. The van der Waals surface area contributed by atoms with E-state index >= 15 is 0 Å². The van der Waals surface area contributed by atoms with Crippen LogP contribution >= 0.6 is 0 Å². The quantitative estimate of drug-likeness (QED) is 0.372. The zero-order chi connectivity index (χ0) is 9.40. The first-order valence-corrected chi connectivity index (χ1v) is 3.85. The lowest BCUT2D eigenvalue weighted by molar-refractivity contribution is -0.139. The van der Waals surface area contributed by atoms with Gasteiger partial charge in [-0.15, -0.1) is 0 Å². The molecule has 0 bridgehead atoms. The van der Waals surface area contributed by atoms with Gasteiger partial charge in [-0.1, -0.05) is 0 Å². The third-order valence-electron chi connectivity index (χ3n) is 1.02. The Hall–Kier alpha value is -1.03. The Morgan fingerprint density at radius 2 is 2.17 bits per heavy atom. The first-order valence-electron chi connectivity index (χ1n) is 3.85. The number of hydrogen-bond donors (Lipinski definition) is 1. The molecule has 4 heteroatoms. The molecule has 0 aliphatic heterocycles. The van der Waals surface area contributed by atoms with Crippen LogP contribution in [-0.4, -0.2) is 25.8 Å². The standard InChI is InChI=1S/C8H15NO3/c1-3-11-4-5-12-8(10)6-7(2)9/h6H,3-5,9H2,1-2H3. The lowest BCUT2D eigenvalue weighted by atomic mass is 10.4. The summed E-state index contributed by atoms with van der Waals surface area (Å²) in [7, 11) is 0. The normalized spacial score (nSPS) is 11.3. The summed E-state index contributed by atoms with van der Waals surface area (Å²) in [6, 6.07) is 0. The maximum absolute atomic E-state index is 10.8. The van der Waals surface area contributed by atoms with Crippen LogP contribution in [0.25, 0.3) is 0 Å². The van der Waals surface area contributed by atoms with Gasteiger partial charge in [0.1, 0.15) is 6.61 Å². The number of allylic oxidation sites excluding steroid dienone is 1. The number of ether oxygens (including phenoxy) is 2. The highest BCUT2D eigenvalue weighted by Crippen LogP contribution is 1.85. The van der Waals surface area contributed by atoms with Crippen molar-refractivity contribution in [3.63, 3.8) is 0 Å². The summed E-state index contributed by atoms with van der Waals surface area (Å²) in [5.41, 5.74) is 5.69. The van der Waals surface area contributed by atoms with Gasteiger partial charge in [-0.05, 0) is 13.8 Å². The Labute approximate surface area is 72.3 Å². The molecule has 0 saturated heterocycles. The summed E-state index contributed by atoms with van der Waals surface area (Å²) < 4.78 is 9.69. The van der Waals surface area contributed by atoms with Gasteiger partial charge in [0.05, 0.1) is 6.61 Å². The van der Waals surface area contributed by atoms with Crippen LogP contribution in [0.5, 0.6) is 0 Å². The Morgan fingerprint density at radius 3 is 2.67 bits per heavy atom. The van der Waals surface area contributed by atoms with E-state index in [9.17, 15) is 4.79 Å². The van der Waals surface area contributed by atoms with Crippen molar-refractivity contribution in [1.82, 2.24) is 0 Å². The van der Waals surface area contributed by atoms with Crippen molar-refractivity contribution in [3.05, 3.63) is 11.8 Å². The second kappa shape index (κ2) is 6.67. The largest absolute Gasteiger partial charge is 0.460 e. The highest BCUT2D eigenvalue weighted by Gasteiger charge is 1.96. The molecule has 0 spiro atoms. The molecule has 0 aromatic heterocycles. The fourth-order valence-electron chi connectivity index (χ4n) is 0.573. The zero-order valence-electron chi connectivity index (χ0n) is 7.50. The van der Waals surface area contributed by atoms with E-state index in [1.807, 2.05) is 6.92 Å². The SMILES string of the molecule is CCOCCOC(=O)C=C(C)N. The molecule has 0 amide bonds. The van der Waals surface area contributed by atoms with E-state index < -0.39 is 5.97 Å². The van der Waals surface area contributed by atoms with Crippen molar-refractivity contribution in [2.75, 3.05) is 19.8 Å². The molecule has 0 aliphatic carbocycles. The predicted octanol–water partition coefficient (Wildman–Crippen LogP) is 0.429. The Balaban J connectivity index is 3.39. The maximum Gasteiger partial charge on any atom is 0.332 e. The minimum absolute atomic E-state index is 0.274. The molecular weight excluding hydrogens is 158 g/mol. The van der Waals surface area contributed by atoms with Crippen LogP contribution in [-0.2, 0) is 14.3 Å². The molecule has 0 unspecified atom stereocenters. The van der Waals surface area contributed by atoms with E-state index in [1.54, 1.807) is 6.92 Å². The average Bonchev–Trinajstić information content (AvgIpc) is 1.97. The van der Waals surface area contributed by atoms with Gasteiger partial charge in [-0.2, -0.15) is 0 Å². The summed E-state index contributed by atoms with van der Waals surface area (Å²) >= 11 is 0. The highest BCUT2D eigenvalue weighted by molar-refractivity contribution is 5.82. The van der Waals surface area contributed by atoms with Crippen molar-refractivity contribution < 1.29 is 14.3 Å². The molecule has 12 heavy (non-hydrogen) atoms. The molecule has 70 valence electrons. The lowest BCUT2D eigenvalue weighted by Crippen LogP contribution is -2.09. The summed E-state index contributed by atoms with van der Waals surface area (Å²) in [4.78, 5) is 10.8. The predicted molar refractivity (Wildman–Crippen MR) is 45.4 cm³/mol. The molecule has 0 rings (SSSR count). The number of nitrogens with two attached hydrogens (primary N) is 1. The monoisotopic (exact) mass is 173 g/mol. The molecule has 0 atom stereocenters. The van der Waals surface area contributed by atoms with Gasteiger partial charge in [0.15, 0.2) is 0 Å². The van der Waals surface area contributed by atoms with Crippen molar-refractivity contribution in [3.8, 4) is 0 Å². The van der Waals surface area contributed by atoms with Crippen LogP contribution in [0.2, 0.25) is 0 Å². The number of esters is 1. The average molecular weight is 173 g/mol. The molecule has 2 N–H and O–H groups in total. The second-order valence-electron chi connectivity index (χ2n) is 2.25. The van der Waals surface area contributed by atoms with Crippen LogP contribution in [0.1, 0.15) is 13.8 Å². The molecule has 0 fully saturated rings. The van der Waals surface area contributed by atoms with E-state index in [4.69, 9.17) is 15.2 Å². The van der Waals surface area contributed by atoms with Crippen molar-refractivity contribution in [2.24, 2.45) is 5.73 Å². The van der Waals surface area contributed by atoms with Gasteiger partial charge in [0.25, 0.3) is 0 Å². The van der Waals surface area contributed by atoms with E-state index in [2.05, 4.69) is 0 Å². The van der Waals surface area contributed by atoms with E-state index in [1.165, 1.54) is 6.08 Å². The van der Waals surface area contributed by atoms with Crippen LogP contribution in [0, 0.1) is 0 Å².